The first kappa shape index (κ1) is 15.7. The van der Waals surface area contributed by atoms with Crippen molar-refractivity contribution in [3.63, 3.8) is 0 Å². The summed E-state index contributed by atoms with van der Waals surface area (Å²) in [6.45, 7) is 1.95. The third kappa shape index (κ3) is 3.12. The Hall–Kier alpha value is -2.21. The smallest absolute Gasteiger partial charge is 0.335 e. The van der Waals surface area contributed by atoms with Crippen molar-refractivity contribution in [2.24, 2.45) is 0 Å². The highest BCUT2D eigenvalue weighted by atomic mass is 32.1. The highest BCUT2D eigenvalue weighted by Gasteiger charge is 2.39. The molecule has 0 bridgehead atoms. The van der Waals surface area contributed by atoms with Gasteiger partial charge in [-0.05, 0) is 38.0 Å². The molecule has 0 atom stereocenters. The van der Waals surface area contributed by atoms with Crippen LogP contribution in [0.1, 0.15) is 57.1 Å². The topological polar surface area (TPSA) is 79.3 Å². The first-order valence-corrected chi connectivity index (χ1v) is 8.47. The molecule has 0 aliphatic heterocycles. The minimum absolute atomic E-state index is 0.114. The molecule has 0 radical (unpaired) electrons. The molecule has 2 aromatic rings. The largest absolute Gasteiger partial charge is 0.478 e. The average Bonchev–Trinajstić information content (AvgIpc) is 3.17. The lowest BCUT2D eigenvalue weighted by Gasteiger charge is -2.28. The van der Waals surface area contributed by atoms with Crippen LogP contribution in [0.5, 0.6) is 0 Å². The Morgan fingerprint density at radius 2 is 1.96 bits per heavy atom. The quantitative estimate of drug-likeness (QED) is 0.901. The summed E-state index contributed by atoms with van der Waals surface area (Å²) in [7, 11) is 0. The van der Waals surface area contributed by atoms with E-state index in [-0.39, 0.29) is 11.5 Å². The Labute approximate surface area is 138 Å². The molecule has 23 heavy (non-hydrogen) atoms. The lowest BCUT2D eigenvalue weighted by Crippen LogP contribution is -2.43. The van der Waals surface area contributed by atoms with Crippen LogP contribution >= 0.6 is 11.3 Å². The zero-order valence-corrected chi connectivity index (χ0v) is 13.7. The van der Waals surface area contributed by atoms with Crippen LogP contribution in [-0.4, -0.2) is 22.0 Å². The minimum Gasteiger partial charge on any atom is -0.478 e. The monoisotopic (exact) mass is 330 g/mol. The molecule has 1 fully saturated rings. The van der Waals surface area contributed by atoms with Crippen LogP contribution in [0.25, 0.3) is 0 Å². The summed E-state index contributed by atoms with van der Waals surface area (Å²) in [5, 5.41) is 15.1. The summed E-state index contributed by atoms with van der Waals surface area (Å²) in [4.78, 5) is 28.3. The van der Waals surface area contributed by atoms with Gasteiger partial charge in [0.05, 0.1) is 11.1 Å². The van der Waals surface area contributed by atoms with Crippen LogP contribution in [0.2, 0.25) is 0 Å². The maximum absolute atomic E-state index is 12.6. The van der Waals surface area contributed by atoms with Gasteiger partial charge in [-0.1, -0.05) is 18.9 Å². The van der Waals surface area contributed by atoms with Gasteiger partial charge in [-0.25, -0.2) is 9.78 Å². The molecular weight excluding hydrogens is 312 g/mol. The molecule has 1 aromatic heterocycles. The summed E-state index contributed by atoms with van der Waals surface area (Å²) in [6, 6.07) is 6.12. The van der Waals surface area contributed by atoms with Crippen LogP contribution in [0.4, 0.5) is 0 Å². The van der Waals surface area contributed by atoms with Crippen LogP contribution in [0.15, 0.2) is 29.6 Å². The highest BCUT2D eigenvalue weighted by Crippen LogP contribution is 2.40. The molecule has 1 aliphatic rings. The number of aromatic carboxylic acids is 1. The summed E-state index contributed by atoms with van der Waals surface area (Å²) in [5.74, 6) is -1.28. The Morgan fingerprint density at radius 1 is 1.26 bits per heavy atom. The summed E-state index contributed by atoms with van der Waals surface area (Å²) in [6.07, 6.45) is 3.83. The number of carbonyl (C=O) groups excluding carboxylic acids is 1. The van der Waals surface area contributed by atoms with Crippen LogP contribution < -0.4 is 5.32 Å². The molecule has 3 rings (SSSR count). The van der Waals surface area contributed by atoms with E-state index in [9.17, 15) is 9.59 Å². The fourth-order valence-corrected chi connectivity index (χ4v) is 4.04. The Balaban J connectivity index is 1.87. The van der Waals surface area contributed by atoms with Gasteiger partial charge in [0, 0.05) is 16.6 Å². The van der Waals surface area contributed by atoms with E-state index in [2.05, 4.69) is 10.3 Å². The summed E-state index contributed by atoms with van der Waals surface area (Å²) >= 11 is 1.57. The van der Waals surface area contributed by atoms with E-state index in [0.717, 1.165) is 36.4 Å². The third-order valence-electron chi connectivity index (χ3n) is 4.21. The van der Waals surface area contributed by atoms with Crippen molar-refractivity contribution < 1.29 is 14.7 Å². The molecule has 0 spiro atoms. The highest BCUT2D eigenvalue weighted by molar-refractivity contribution is 7.09. The maximum Gasteiger partial charge on any atom is 0.335 e. The van der Waals surface area contributed by atoms with Crippen molar-refractivity contribution in [3.8, 4) is 0 Å². The fourth-order valence-electron chi connectivity index (χ4n) is 3.03. The predicted molar refractivity (Wildman–Crippen MR) is 87.9 cm³/mol. The van der Waals surface area contributed by atoms with Crippen LogP contribution in [0, 0.1) is 6.92 Å². The van der Waals surface area contributed by atoms with Crippen molar-refractivity contribution >= 4 is 23.2 Å². The second-order valence-corrected chi connectivity index (χ2v) is 6.78. The number of nitrogens with one attached hydrogen (secondary N) is 1. The maximum atomic E-state index is 12.6. The first-order valence-electron chi connectivity index (χ1n) is 7.59. The molecular formula is C17H18N2O3S. The van der Waals surface area contributed by atoms with Crippen molar-refractivity contribution in [2.45, 2.75) is 38.1 Å². The average molecular weight is 330 g/mol. The van der Waals surface area contributed by atoms with E-state index in [0.29, 0.717) is 5.56 Å². The number of aromatic nitrogens is 1. The molecule has 2 N–H and O–H groups in total. The molecule has 0 unspecified atom stereocenters. The van der Waals surface area contributed by atoms with Gasteiger partial charge in [-0.2, -0.15) is 0 Å². The molecule has 1 saturated carbocycles. The summed E-state index contributed by atoms with van der Waals surface area (Å²) < 4.78 is 0. The Morgan fingerprint density at radius 3 is 2.57 bits per heavy atom. The predicted octanol–water partition coefficient (Wildman–Crippen LogP) is 3.35. The van der Waals surface area contributed by atoms with E-state index >= 15 is 0 Å². The normalized spacial score (nSPS) is 16.2. The van der Waals surface area contributed by atoms with Crippen LogP contribution in [-0.2, 0) is 5.54 Å². The van der Waals surface area contributed by atoms with Gasteiger partial charge in [-0.3, -0.25) is 4.79 Å². The van der Waals surface area contributed by atoms with Crippen molar-refractivity contribution in [3.05, 3.63) is 51.5 Å². The molecule has 120 valence electrons. The number of thiazole rings is 1. The number of carbonyl (C=O) groups is 2. The lowest BCUT2D eigenvalue weighted by atomic mass is 9.97. The zero-order chi connectivity index (χ0) is 16.4. The van der Waals surface area contributed by atoms with Gasteiger partial charge in [0.2, 0.25) is 0 Å². The number of hydrogen-bond acceptors (Lipinski definition) is 4. The van der Waals surface area contributed by atoms with Crippen molar-refractivity contribution in [2.75, 3.05) is 0 Å². The second kappa shape index (κ2) is 6.12. The standard InChI is InChI=1S/C17H18N2O3S/c1-11-10-23-16(18-11)17(7-2-3-8-17)19-14(20)12-5-4-6-13(9-12)15(21)22/h4-6,9-10H,2-3,7-8H2,1H3,(H,19,20)(H,21,22). The van der Waals surface area contributed by atoms with E-state index < -0.39 is 11.5 Å². The molecule has 5 nitrogen and oxygen atoms in total. The third-order valence-corrected chi connectivity index (χ3v) is 5.37. The fraction of sp³-hybridized carbons (Fsp3) is 0.353. The number of amides is 1. The number of nitrogens with zero attached hydrogens (tertiary/aromatic N) is 1. The second-order valence-electron chi connectivity index (χ2n) is 5.92. The number of benzene rings is 1. The molecule has 1 aliphatic carbocycles. The molecule has 6 heteroatoms. The molecule has 1 aromatic carbocycles. The molecule has 1 heterocycles. The zero-order valence-electron chi connectivity index (χ0n) is 12.8. The van der Waals surface area contributed by atoms with Gasteiger partial charge >= 0.3 is 5.97 Å². The molecule has 1 amide bonds. The first-order chi connectivity index (χ1) is 11.0. The van der Waals surface area contributed by atoms with Gasteiger partial charge in [0.1, 0.15) is 5.01 Å². The number of carboxylic acid groups (broad SMARTS) is 1. The van der Waals surface area contributed by atoms with E-state index in [1.54, 1.807) is 23.5 Å². The SMILES string of the molecule is Cc1csc(C2(NC(=O)c3cccc(C(=O)O)c3)CCCC2)n1. The Bertz CT molecular complexity index is 748. The van der Waals surface area contributed by atoms with Crippen LogP contribution in [0.3, 0.4) is 0 Å². The van der Waals surface area contributed by atoms with E-state index in [1.165, 1.54) is 12.1 Å². The number of carboxylic acids is 1. The number of aryl methyl sites for hydroxylation is 1. The Kier molecular flexibility index (Phi) is 4.17. The van der Waals surface area contributed by atoms with Crippen molar-refractivity contribution in [1.29, 1.82) is 0 Å². The number of rotatable bonds is 4. The van der Waals surface area contributed by atoms with E-state index in [1.807, 2.05) is 12.3 Å². The van der Waals surface area contributed by atoms with Crippen molar-refractivity contribution in [1.82, 2.24) is 10.3 Å². The summed E-state index contributed by atoms with van der Waals surface area (Å²) in [5.41, 5.74) is 1.01. The van der Waals surface area contributed by atoms with Gasteiger partial charge in [0.25, 0.3) is 5.91 Å². The van der Waals surface area contributed by atoms with Gasteiger partial charge in [0.15, 0.2) is 0 Å². The van der Waals surface area contributed by atoms with Gasteiger partial charge in [-0.15, -0.1) is 11.3 Å². The molecule has 0 saturated heterocycles. The van der Waals surface area contributed by atoms with Gasteiger partial charge < -0.3 is 10.4 Å². The minimum atomic E-state index is -1.04. The lowest BCUT2D eigenvalue weighted by molar-refractivity contribution is 0.0697. The number of hydrogen-bond donors (Lipinski definition) is 2. The van der Waals surface area contributed by atoms with E-state index in [4.69, 9.17) is 5.11 Å².